The first-order valence-electron chi connectivity index (χ1n) is 5.80. The van der Waals surface area contributed by atoms with E-state index in [1.54, 1.807) is 0 Å². The predicted molar refractivity (Wildman–Crippen MR) is 69.2 cm³/mol. The Morgan fingerprint density at radius 1 is 1.18 bits per heavy atom. The average Bonchev–Trinajstić information content (AvgIpc) is 2.23. The highest BCUT2D eigenvalue weighted by atomic mass is 31.1. The van der Waals surface area contributed by atoms with Gasteiger partial charge >= 0.3 is 8.25 Å². The van der Waals surface area contributed by atoms with Crippen LogP contribution in [0.4, 0.5) is 0 Å². The maximum absolute atomic E-state index is 11.4. The highest BCUT2D eigenvalue weighted by molar-refractivity contribution is 7.33. The van der Waals surface area contributed by atoms with Crippen LogP contribution >= 0.6 is 8.25 Å². The number of hydrogen-bond acceptors (Lipinski definition) is 3. The average molecular weight is 255 g/mol. The molecular formula is C13H20O3P+. The number of hydrogen-bond donors (Lipinski definition) is 0. The SMILES string of the molecule is CC(C)(C)O[P+](=O)OCCCc1ccccc1. The molecule has 0 bridgehead atoms. The minimum absolute atomic E-state index is 0.424. The van der Waals surface area contributed by atoms with Crippen LogP contribution in [0.1, 0.15) is 32.8 Å². The molecule has 1 aromatic rings. The van der Waals surface area contributed by atoms with Crippen molar-refractivity contribution in [3.05, 3.63) is 35.9 Å². The Bertz CT molecular complexity index is 343. The smallest absolute Gasteiger partial charge is 0.119 e. The molecule has 1 atom stereocenters. The lowest BCUT2D eigenvalue weighted by atomic mass is 10.1. The first-order chi connectivity index (χ1) is 7.97. The van der Waals surface area contributed by atoms with Crippen molar-refractivity contribution >= 4 is 8.25 Å². The van der Waals surface area contributed by atoms with Crippen LogP contribution in [0, 0.1) is 0 Å². The Hall–Kier alpha value is -0.760. The van der Waals surface area contributed by atoms with Crippen molar-refractivity contribution in [1.82, 2.24) is 0 Å². The first-order valence-corrected chi connectivity index (χ1v) is 6.90. The van der Waals surface area contributed by atoms with E-state index in [4.69, 9.17) is 9.05 Å². The molecule has 4 heteroatoms. The zero-order chi connectivity index (χ0) is 12.7. The molecule has 0 saturated carbocycles. The Kier molecular flexibility index (Phi) is 5.76. The number of aryl methyl sites for hydroxylation is 1. The third-order valence-corrected chi connectivity index (χ3v) is 3.09. The predicted octanol–water partition coefficient (Wildman–Crippen LogP) is 4.11. The van der Waals surface area contributed by atoms with Gasteiger partial charge in [0.05, 0.1) is 0 Å². The van der Waals surface area contributed by atoms with E-state index < -0.39 is 13.9 Å². The molecule has 0 aliphatic carbocycles. The lowest BCUT2D eigenvalue weighted by Crippen LogP contribution is -2.15. The summed E-state index contributed by atoms with van der Waals surface area (Å²) in [5, 5.41) is 0. The summed E-state index contributed by atoms with van der Waals surface area (Å²) < 4.78 is 21.7. The Labute approximate surface area is 104 Å². The van der Waals surface area contributed by atoms with Crippen molar-refractivity contribution < 1.29 is 13.6 Å². The Morgan fingerprint density at radius 2 is 1.82 bits per heavy atom. The van der Waals surface area contributed by atoms with E-state index in [2.05, 4.69) is 12.1 Å². The van der Waals surface area contributed by atoms with E-state index in [0.717, 1.165) is 12.8 Å². The second kappa shape index (κ2) is 6.85. The van der Waals surface area contributed by atoms with Gasteiger partial charge in [0.25, 0.3) is 0 Å². The molecule has 0 fully saturated rings. The van der Waals surface area contributed by atoms with Crippen LogP contribution < -0.4 is 0 Å². The van der Waals surface area contributed by atoms with Gasteiger partial charge < -0.3 is 0 Å². The van der Waals surface area contributed by atoms with Gasteiger partial charge in [-0.15, -0.1) is 9.05 Å². The van der Waals surface area contributed by atoms with E-state index in [9.17, 15) is 4.57 Å². The molecule has 0 amide bonds. The second-order valence-electron chi connectivity index (χ2n) is 4.85. The minimum Gasteiger partial charge on any atom is -0.119 e. The van der Waals surface area contributed by atoms with Crippen LogP contribution in [0.5, 0.6) is 0 Å². The summed E-state index contributed by atoms with van der Waals surface area (Å²) in [5.74, 6) is 0. The van der Waals surface area contributed by atoms with Crippen molar-refractivity contribution in [2.24, 2.45) is 0 Å². The van der Waals surface area contributed by atoms with Gasteiger partial charge in [-0.25, -0.2) is 0 Å². The lowest BCUT2D eigenvalue weighted by molar-refractivity contribution is 0.108. The Balaban J connectivity index is 2.14. The summed E-state index contributed by atoms with van der Waals surface area (Å²) in [6.45, 7) is 6.02. The fourth-order valence-electron chi connectivity index (χ4n) is 1.31. The topological polar surface area (TPSA) is 35.5 Å². The fourth-order valence-corrected chi connectivity index (χ4v) is 2.09. The van der Waals surface area contributed by atoms with Crippen LogP contribution in [0.2, 0.25) is 0 Å². The van der Waals surface area contributed by atoms with E-state index in [-0.39, 0.29) is 0 Å². The molecule has 0 heterocycles. The molecule has 1 aromatic carbocycles. The van der Waals surface area contributed by atoms with Gasteiger partial charge in [0.15, 0.2) is 0 Å². The minimum atomic E-state index is -2.00. The standard InChI is InChI=1S/C13H20O3P/c1-13(2,3)16-17(14)15-11-7-10-12-8-5-4-6-9-12/h4-6,8-9H,7,10-11H2,1-3H3/q+1. The summed E-state index contributed by atoms with van der Waals surface area (Å²) in [6, 6.07) is 10.2. The van der Waals surface area contributed by atoms with Gasteiger partial charge in [0.1, 0.15) is 12.2 Å². The molecule has 0 spiro atoms. The third-order valence-electron chi connectivity index (χ3n) is 2.00. The van der Waals surface area contributed by atoms with Gasteiger partial charge in [0, 0.05) is 4.57 Å². The molecule has 17 heavy (non-hydrogen) atoms. The van der Waals surface area contributed by atoms with Crippen LogP contribution in [-0.4, -0.2) is 12.2 Å². The van der Waals surface area contributed by atoms with Gasteiger partial charge in [0.2, 0.25) is 0 Å². The first kappa shape index (κ1) is 14.3. The van der Waals surface area contributed by atoms with Crippen LogP contribution in [-0.2, 0) is 20.0 Å². The van der Waals surface area contributed by atoms with Crippen molar-refractivity contribution in [2.75, 3.05) is 6.61 Å². The lowest BCUT2D eigenvalue weighted by Gasteiger charge is -2.07. The summed E-state index contributed by atoms with van der Waals surface area (Å²) in [4.78, 5) is 0. The van der Waals surface area contributed by atoms with E-state index >= 15 is 0 Å². The highest BCUT2D eigenvalue weighted by Crippen LogP contribution is 2.30. The van der Waals surface area contributed by atoms with Gasteiger partial charge in [-0.05, 0) is 39.2 Å². The maximum Gasteiger partial charge on any atom is 0.697 e. The molecule has 1 unspecified atom stereocenters. The second-order valence-corrected chi connectivity index (χ2v) is 5.74. The fraction of sp³-hybridized carbons (Fsp3) is 0.538. The number of benzene rings is 1. The quantitative estimate of drug-likeness (QED) is 0.567. The summed E-state index contributed by atoms with van der Waals surface area (Å²) in [5.41, 5.74) is 0.843. The van der Waals surface area contributed by atoms with Crippen LogP contribution in [0.25, 0.3) is 0 Å². The normalized spacial score (nSPS) is 12.5. The Morgan fingerprint density at radius 3 is 2.41 bits per heavy atom. The van der Waals surface area contributed by atoms with Crippen molar-refractivity contribution in [1.29, 1.82) is 0 Å². The largest absolute Gasteiger partial charge is 0.697 e. The van der Waals surface area contributed by atoms with Crippen LogP contribution in [0.15, 0.2) is 30.3 Å². The van der Waals surface area contributed by atoms with Crippen molar-refractivity contribution in [2.45, 2.75) is 39.2 Å². The molecule has 1 rings (SSSR count). The molecular weight excluding hydrogens is 235 g/mol. The molecule has 94 valence electrons. The van der Waals surface area contributed by atoms with E-state index in [1.807, 2.05) is 39.0 Å². The molecule has 0 saturated heterocycles. The van der Waals surface area contributed by atoms with Crippen molar-refractivity contribution in [3.63, 3.8) is 0 Å². The van der Waals surface area contributed by atoms with Crippen LogP contribution in [0.3, 0.4) is 0 Å². The zero-order valence-corrected chi connectivity index (χ0v) is 11.6. The zero-order valence-electron chi connectivity index (χ0n) is 10.7. The maximum atomic E-state index is 11.4. The molecule has 0 N–H and O–H groups in total. The summed E-state index contributed by atoms with van der Waals surface area (Å²) in [6.07, 6.45) is 1.78. The molecule has 0 aromatic heterocycles. The number of rotatable bonds is 6. The molecule has 0 aliphatic rings. The molecule has 0 radical (unpaired) electrons. The highest BCUT2D eigenvalue weighted by Gasteiger charge is 2.29. The monoisotopic (exact) mass is 255 g/mol. The summed E-state index contributed by atoms with van der Waals surface area (Å²) >= 11 is 0. The van der Waals surface area contributed by atoms with E-state index in [1.165, 1.54) is 5.56 Å². The molecule has 0 aliphatic heterocycles. The third kappa shape index (κ3) is 7.22. The van der Waals surface area contributed by atoms with E-state index in [0.29, 0.717) is 6.61 Å². The molecule has 3 nitrogen and oxygen atoms in total. The summed E-state index contributed by atoms with van der Waals surface area (Å²) in [7, 11) is -2.00. The van der Waals surface area contributed by atoms with Gasteiger partial charge in [-0.1, -0.05) is 30.3 Å². The van der Waals surface area contributed by atoms with Gasteiger partial charge in [-0.3, -0.25) is 0 Å². The van der Waals surface area contributed by atoms with Crippen molar-refractivity contribution in [3.8, 4) is 0 Å². The van der Waals surface area contributed by atoms with Gasteiger partial charge in [-0.2, -0.15) is 0 Å².